The molecule has 0 saturated carbocycles. The van der Waals surface area contributed by atoms with E-state index in [4.69, 9.17) is 0 Å². The molecule has 1 saturated heterocycles. The van der Waals surface area contributed by atoms with Crippen LogP contribution in [0.1, 0.15) is 30.7 Å². The molecular formula is C17H27N5. The van der Waals surface area contributed by atoms with Crippen LogP contribution in [0.15, 0.2) is 24.5 Å². The van der Waals surface area contributed by atoms with Gasteiger partial charge in [0.05, 0.1) is 5.69 Å². The van der Waals surface area contributed by atoms with Crippen molar-refractivity contribution in [3.05, 3.63) is 35.9 Å². The lowest BCUT2D eigenvalue weighted by Gasteiger charge is -2.31. The van der Waals surface area contributed by atoms with E-state index in [1.807, 2.05) is 12.3 Å². The molecule has 0 spiro atoms. The van der Waals surface area contributed by atoms with Gasteiger partial charge < -0.3 is 4.90 Å². The summed E-state index contributed by atoms with van der Waals surface area (Å²) in [5, 5.41) is 8.85. The summed E-state index contributed by atoms with van der Waals surface area (Å²) in [5.74, 6) is 0.784. The van der Waals surface area contributed by atoms with Crippen molar-refractivity contribution in [3.8, 4) is 0 Å². The van der Waals surface area contributed by atoms with E-state index in [1.165, 1.54) is 44.6 Å². The molecule has 1 fully saturated rings. The van der Waals surface area contributed by atoms with Crippen molar-refractivity contribution in [2.45, 2.75) is 46.2 Å². The molecule has 0 aliphatic carbocycles. The number of likely N-dealkylation sites (tertiary alicyclic amines) is 1. The third kappa shape index (κ3) is 3.97. The van der Waals surface area contributed by atoms with Gasteiger partial charge in [0.1, 0.15) is 0 Å². The zero-order valence-corrected chi connectivity index (χ0v) is 13.8. The molecule has 5 heteroatoms. The second-order valence-corrected chi connectivity index (χ2v) is 6.52. The highest BCUT2D eigenvalue weighted by Gasteiger charge is 2.19. The first-order valence-electron chi connectivity index (χ1n) is 8.41. The molecular weight excluding hydrogens is 274 g/mol. The number of aryl methyl sites for hydroxylation is 3. The maximum absolute atomic E-state index is 4.54. The van der Waals surface area contributed by atoms with E-state index >= 15 is 0 Å². The maximum Gasteiger partial charge on any atom is 0.0596 e. The molecule has 0 aromatic carbocycles. The van der Waals surface area contributed by atoms with E-state index in [2.05, 4.69) is 50.6 Å². The Morgan fingerprint density at radius 2 is 2.00 bits per heavy atom. The summed E-state index contributed by atoms with van der Waals surface area (Å²) in [6.07, 6.45) is 7.71. The molecule has 2 aromatic heterocycles. The van der Waals surface area contributed by atoms with Crippen LogP contribution in [0.25, 0.3) is 0 Å². The maximum atomic E-state index is 4.54. The predicted octanol–water partition coefficient (Wildman–Crippen LogP) is 2.50. The van der Waals surface area contributed by atoms with Gasteiger partial charge in [-0.05, 0) is 70.8 Å². The minimum Gasteiger partial charge on any atom is -0.303 e. The van der Waals surface area contributed by atoms with Crippen LogP contribution in [0.2, 0.25) is 0 Å². The molecule has 0 radical (unpaired) electrons. The number of piperidine rings is 1. The van der Waals surface area contributed by atoms with Gasteiger partial charge in [-0.3, -0.25) is 9.36 Å². The van der Waals surface area contributed by atoms with Crippen LogP contribution < -0.4 is 0 Å². The van der Waals surface area contributed by atoms with Gasteiger partial charge in [-0.1, -0.05) is 0 Å². The summed E-state index contributed by atoms with van der Waals surface area (Å²) >= 11 is 0. The number of hydrogen-bond donors (Lipinski definition) is 0. The predicted molar refractivity (Wildman–Crippen MR) is 87.7 cm³/mol. The fraction of sp³-hybridized carbons (Fsp3) is 0.647. The van der Waals surface area contributed by atoms with E-state index in [-0.39, 0.29) is 0 Å². The second kappa shape index (κ2) is 7.09. The first-order valence-corrected chi connectivity index (χ1v) is 8.41. The van der Waals surface area contributed by atoms with Gasteiger partial charge in [0.15, 0.2) is 0 Å². The van der Waals surface area contributed by atoms with Gasteiger partial charge in [0.25, 0.3) is 0 Å². The average Bonchev–Trinajstić information content (AvgIpc) is 3.11. The van der Waals surface area contributed by atoms with Gasteiger partial charge in [-0.2, -0.15) is 10.2 Å². The normalized spacial score (nSPS) is 17.2. The molecule has 2 aromatic rings. The lowest BCUT2D eigenvalue weighted by Crippen LogP contribution is -2.36. The Balaban J connectivity index is 1.36. The van der Waals surface area contributed by atoms with Crippen LogP contribution in [0.4, 0.5) is 0 Å². The van der Waals surface area contributed by atoms with Crippen molar-refractivity contribution >= 4 is 0 Å². The number of rotatable bonds is 6. The molecule has 0 amide bonds. The summed E-state index contributed by atoms with van der Waals surface area (Å²) in [7, 11) is 0. The monoisotopic (exact) mass is 301 g/mol. The van der Waals surface area contributed by atoms with Crippen molar-refractivity contribution in [1.29, 1.82) is 0 Å². The largest absolute Gasteiger partial charge is 0.303 e. The molecule has 3 heterocycles. The van der Waals surface area contributed by atoms with Crippen LogP contribution in [0.5, 0.6) is 0 Å². The van der Waals surface area contributed by atoms with E-state index < -0.39 is 0 Å². The van der Waals surface area contributed by atoms with Gasteiger partial charge in [-0.25, -0.2) is 0 Å². The third-order valence-electron chi connectivity index (χ3n) is 4.66. The van der Waals surface area contributed by atoms with E-state index in [9.17, 15) is 0 Å². The van der Waals surface area contributed by atoms with Crippen molar-refractivity contribution < 1.29 is 0 Å². The first-order chi connectivity index (χ1) is 10.7. The lowest BCUT2D eigenvalue weighted by atomic mass is 9.97. The van der Waals surface area contributed by atoms with Crippen LogP contribution in [0, 0.1) is 19.8 Å². The van der Waals surface area contributed by atoms with E-state index in [0.29, 0.717) is 0 Å². The highest BCUT2D eigenvalue weighted by Crippen LogP contribution is 2.19. The molecule has 0 bridgehead atoms. The molecule has 0 unspecified atom stereocenters. The Hall–Kier alpha value is -1.62. The summed E-state index contributed by atoms with van der Waals surface area (Å²) in [6, 6.07) is 4.16. The first kappa shape index (κ1) is 15.3. The van der Waals surface area contributed by atoms with Crippen molar-refractivity contribution in [1.82, 2.24) is 24.5 Å². The summed E-state index contributed by atoms with van der Waals surface area (Å²) in [5.41, 5.74) is 2.40. The van der Waals surface area contributed by atoms with Gasteiger partial charge in [0.2, 0.25) is 0 Å². The van der Waals surface area contributed by atoms with Crippen molar-refractivity contribution in [3.63, 3.8) is 0 Å². The van der Waals surface area contributed by atoms with Crippen LogP contribution in [-0.4, -0.2) is 44.1 Å². The zero-order chi connectivity index (χ0) is 15.4. The van der Waals surface area contributed by atoms with Crippen molar-refractivity contribution in [2.75, 3.05) is 19.6 Å². The Kier molecular flexibility index (Phi) is 4.93. The molecule has 120 valence electrons. The highest BCUT2D eigenvalue weighted by molar-refractivity contribution is 5.06. The fourth-order valence-corrected chi connectivity index (χ4v) is 3.41. The number of nitrogens with zero attached hydrogens (tertiary/aromatic N) is 5. The zero-order valence-electron chi connectivity index (χ0n) is 13.8. The number of hydrogen-bond acceptors (Lipinski definition) is 3. The van der Waals surface area contributed by atoms with Gasteiger partial charge >= 0.3 is 0 Å². The van der Waals surface area contributed by atoms with E-state index in [0.717, 1.165) is 24.7 Å². The SMILES string of the molecule is Cc1cc(C)n(CCCN2CCC(Cn3cccn3)CC2)n1. The van der Waals surface area contributed by atoms with Crippen molar-refractivity contribution in [2.24, 2.45) is 5.92 Å². The molecule has 0 N–H and O–H groups in total. The molecule has 3 rings (SSSR count). The summed E-state index contributed by atoms with van der Waals surface area (Å²) in [4.78, 5) is 2.60. The molecule has 5 nitrogen and oxygen atoms in total. The van der Waals surface area contributed by atoms with Crippen LogP contribution in [0.3, 0.4) is 0 Å². The quantitative estimate of drug-likeness (QED) is 0.823. The van der Waals surface area contributed by atoms with Crippen LogP contribution >= 0.6 is 0 Å². The van der Waals surface area contributed by atoms with Gasteiger partial charge in [0, 0.05) is 31.2 Å². The third-order valence-corrected chi connectivity index (χ3v) is 4.66. The Morgan fingerprint density at radius 1 is 1.18 bits per heavy atom. The smallest absolute Gasteiger partial charge is 0.0596 e. The second-order valence-electron chi connectivity index (χ2n) is 6.52. The lowest BCUT2D eigenvalue weighted by molar-refractivity contribution is 0.167. The number of aromatic nitrogens is 4. The van der Waals surface area contributed by atoms with Crippen LogP contribution in [-0.2, 0) is 13.1 Å². The Labute approximate surface area is 132 Å². The summed E-state index contributed by atoms with van der Waals surface area (Å²) in [6.45, 7) is 9.95. The average molecular weight is 301 g/mol. The molecule has 1 aliphatic rings. The highest BCUT2D eigenvalue weighted by atomic mass is 15.3. The fourth-order valence-electron chi connectivity index (χ4n) is 3.41. The Bertz CT molecular complexity index is 564. The minimum atomic E-state index is 0.784. The Morgan fingerprint density at radius 3 is 2.64 bits per heavy atom. The van der Waals surface area contributed by atoms with Gasteiger partial charge in [-0.15, -0.1) is 0 Å². The topological polar surface area (TPSA) is 38.9 Å². The standard InChI is InChI=1S/C17H27N5/c1-15-13-16(2)22(19-15)10-4-8-20-11-5-17(6-12-20)14-21-9-3-7-18-21/h3,7,9,13,17H,4-6,8,10-12,14H2,1-2H3. The molecule has 1 aliphatic heterocycles. The summed E-state index contributed by atoms with van der Waals surface area (Å²) < 4.78 is 4.21. The molecule has 0 atom stereocenters. The van der Waals surface area contributed by atoms with E-state index in [1.54, 1.807) is 0 Å². The molecule has 22 heavy (non-hydrogen) atoms. The minimum absolute atomic E-state index is 0.784.